The minimum Gasteiger partial charge on any atom is -0.322 e. The maximum Gasteiger partial charge on any atom is 0.256 e. The number of aryl methyl sites for hydroxylation is 1. The zero-order valence-electron chi connectivity index (χ0n) is 17.3. The van der Waals surface area contributed by atoms with Crippen molar-refractivity contribution in [1.29, 1.82) is 0 Å². The Morgan fingerprint density at radius 2 is 1.79 bits per heavy atom. The minimum atomic E-state index is -0.0838. The van der Waals surface area contributed by atoms with Crippen molar-refractivity contribution in [3.8, 4) is 0 Å². The van der Waals surface area contributed by atoms with Gasteiger partial charge in [-0.25, -0.2) is 0 Å². The van der Waals surface area contributed by atoms with Crippen LogP contribution in [0.5, 0.6) is 0 Å². The first-order chi connectivity index (χ1) is 14.1. The van der Waals surface area contributed by atoms with Gasteiger partial charge in [0.25, 0.3) is 5.91 Å². The first kappa shape index (κ1) is 19.6. The molecule has 4 heteroatoms. The molecule has 150 valence electrons. The highest BCUT2D eigenvalue weighted by molar-refractivity contribution is 6.12. The van der Waals surface area contributed by atoms with Crippen LogP contribution in [0.2, 0.25) is 0 Å². The molecule has 0 radical (unpaired) electrons. The van der Waals surface area contributed by atoms with E-state index in [0.29, 0.717) is 11.6 Å². The number of hydrogen-bond donors (Lipinski definition) is 1. The summed E-state index contributed by atoms with van der Waals surface area (Å²) in [7, 11) is 2.20. The Bertz CT molecular complexity index is 1010. The molecule has 0 saturated heterocycles. The minimum absolute atomic E-state index is 0.0838. The molecule has 1 aliphatic carbocycles. The van der Waals surface area contributed by atoms with Gasteiger partial charge in [0.05, 0.1) is 11.1 Å². The van der Waals surface area contributed by atoms with E-state index >= 15 is 0 Å². The fourth-order valence-electron chi connectivity index (χ4n) is 4.39. The molecular weight excluding hydrogens is 358 g/mol. The van der Waals surface area contributed by atoms with Gasteiger partial charge in [-0.3, -0.25) is 14.7 Å². The Morgan fingerprint density at radius 1 is 1.07 bits per heavy atom. The molecule has 0 unspecified atom stereocenters. The lowest BCUT2D eigenvalue weighted by Gasteiger charge is -2.31. The molecule has 29 heavy (non-hydrogen) atoms. The van der Waals surface area contributed by atoms with Crippen molar-refractivity contribution >= 4 is 22.5 Å². The quantitative estimate of drug-likeness (QED) is 0.623. The molecule has 1 saturated carbocycles. The third-order valence-electron chi connectivity index (χ3n) is 5.97. The molecule has 0 spiro atoms. The normalized spacial score (nSPS) is 15.0. The molecule has 3 aromatic rings. The molecule has 4 rings (SSSR count). The Hall–Kier alpha value is -2.72. The molecule has 0 atom stereocenters. The lowest BCUT2D eigenvalue weighted by atomic mass is 9.94. The third kappa shape index (κ3) is 4.48. The van der Waals surface area contributed by atoms with E-state index in [-0.39, 0.29) is 5.91 Å². The molecule has 0 bridgehead atoms. The van der Waals surface area contributed by atoms with Crippen LogP contribution in [0.15, 0.2) is 54.6 Å². The lowest BCUT2D eigenvalue weighted by molar-refractivity contribution is 0.102. The number of para-hydroxylation sites is 2. The monoisotopic (exact) mass is 387 g/mol. The van der Waals surface area contributed by atoms with Gasteiger partial charge in [-0.15, -0.1) is 0 Å². The topological polar surface area (TPSA) is 45.2 Å². The number of anilines is 1. The van der Waals surface area contributed by atoms with Crippen LogP contribution < -0.4 is 5.32 Å². The first-order valence-corrected chi connectivity index (χ1v) is 10.6. The van der Waals surface area contributed by atoms with E-state index < -0.39 is 0 Å². The van der Waals surface area contributed by atoms with Crippen molar-refractivity contribution < 1.29 is 4.79 Å². The first-order valence-electron chi connectivity index (χ1n) is 10.6. The largest absolute Gasteiger partial charge is 0.322 e. The van der Waals surface area contributed by atoms with Crippen LogP contribution in [0, 0.1) is 6.92 Å². The number of amides is 1. The molecule has 1 amide bonds. The van der Waals surface area contributed by atoms with Gasteiger partial charge >= 0.3 is 0 Å². The van der Waals surface area contributed by atoms with Crippen LogP contribution in [0.25, 0.3) is 10.9 Å². The predicted octanol–water partition coefficient (Wildman–Crippen LogP) is 5.56. The standard InChI is InChI=1S/C25H29N3O/c1-18-16-22(21-13-7-9-15-24(21)26-18)25(29)27-23-14-8-6-10-19(23)17-28(2)20-11-4-3-5-12-20/h6-10,13-16,20H,3-5,11-12,17H2,1-2H3,(H,27,29). The van der Waals surface area contributed by atoms with Crippen LogP contribution in [0.3, 0.4) is 0 Å². The number of carbonyl (C=O) groups is 1. The Morgan fingerprint density at radius 3 is 2.62 bits per heavy atom. The molecular formula is C25H29N3O. The summed E-state index contributed by atoms with van der Waals surface area (Å²) in [6, 6.07) is 18.5. The van der Waals surface area contributed by atoms with Crippen molar-refractivity contribution in [2.75, 3.05) is 12.4 Å². The van der Waals surface area contributed by atoms with Gasteiger partial charge in [0.2, 0.25) is 0 Å². The SMILES string of the molecule is Cc1cc(C(=O)Nc2ccccc2CN(C)C2CCCCC2)c2ccccc2n1. The summed E-state index contributed by atoms with van der Waals surface area (Å²) in [5.74, 6) is -0.0838. The molecule has 1 N–H and O–H groups in total. The van der Waals surface area contributed by atoms with E-state index in [9.17, 15) is 4.79 Å². The maximum atomic E-state index is 13.2. The van der Waals surface area contributed by atoms with Crippen LogP contribution in [0.1, 0.15) is 53.7 Å². The highest BCUT2D eigenvalue weighted by atomic mass is 16.1. The number of benzene rings is 2. The number of hydrogen-bond acceptors (Lipinski definition) is 3. The van der Waals surface area contributed by atoms with Crippen LogP contribution in [-0.4, -0.2) is 28.9 Å². The summed E-state index contributed by atoms with van der Waals surface area (Å²) in [4.78, 5) is 20.2. The van der Waals surface area contributed by atoms with E-state index in [1.54, 1.807) is 0 Å². The van der Waals surface area contributed by atoms with Gasteiger partial charge in [-0.05, 0) is 50.6 Å². The molecule has 1 aromatic heterocycles. The van der Waals surface area contributed by atoms with Gasteiger partial charge in [0.1, 0.15) is 0 Å². The molecule has 4 nitrogen and oxygen atoms in total. The Kier molecular flexibility index (Phi) is 5.91. The number of nitrogens with one attached hydrogen (secondary N) is 1. The smallest absolute Gasteiger partial charge is 0.256 e. The lowest BCUT2D eigenvalue weighted by Crippen LogP contribution is -2.33. The van der Waals surface area contributed by atoms with Crippen molar-refractivity contribution in [3.63, 3.8) is 0 Å². The Balaban J connectivity index is 1.57. The van der Waals surface area contributed by atoms with Crippen molar-refractivity contribution in [2.24, 2.45) is 0 Å². The number of pyridine rings is 1. The zero-order chi connectivity index (χ0) is 20.2. The van der Waals surface area contributed by atoms with Crippen molar-refractivity contribution in [3.05, 3.63) is 71.4 Å². The number of rotatable bonds is 5. The molecule has 1 fully saturated rings. The van der Waals surface area contributed by atoms with Crippen LogP contribution in [0.4, 0.5) is 5.69 Å². The van der Waals surface area contributed by atoms with E-state index in [1.807, 2.05) is 55.5 Å². The fraction of sp³-hybridized carbons (Fsp3) is 0.360. The van der Waals surface area contributed by atoms with Gasteiger partial charge in [0, 0.05) is 29.4 Å². The average molecular weight is 388 g/mol. The van der Waals surface area contributed by atoms with Gasteiger partial charge in [-0.2, -0.15) is 0 Å². The van der Waals surface area contributed by atoms with Crippen LogP contribution in [-0.2, 0) is 6.54 Å². The molecule has 1 heterocycles. The van der Waals surface area contributed by atoms with Crippen molar-refractivity contribution in [1.82, 2.24) is 9.88 Å². The van der Waals surface area contributed by atoms with E-state index in [2.05, 4.69) is 28.3 Å². The molecule has 1 aliphatic rings. The summed E-state index contributed by atoms with van der Waals surface area (Å²) in [5, 5.41) is 4.04. The second-order valence-corrected chi connectivity index (χ2v) is 8.15. The summed E-state index contributed by atoms with van der Waals surface area (Å²) in [5.41, 5.74) is 4.41. The highest BCUT2D eigenvalue weighted by Crippen LogP contribution is 2.26. The van der Waals surface area contributed by atoms with Crippen LogP contribution >= 0.6 is 0 Å². The maximum absolute atomic E-state index is 13.2. The van der Waals surface area contributed by atoms with E-state index in [1.165, 1.54) is 32.1 Å². The third-order valence-corrected chi connectivity index (χ3v) is 5.97. The average Bonchev–Trinajstić information content (AvgIpc) is 2.75. The second-order valence-electron chi connectivity index (χ2n) is 8.15. The molecule has 2 aromatic carbocycles. The highest BCUT2D eigenvalue weighted by Gasteiger charge is 2.19. The zero-order valence-corrected chi connectivity index (χ0v) is 17.3. The molecule has 0 aliphatic heterocycles. The summed E-state index contributed by atoms with van der Waals surface area (Å²) in [6.07, 6.45) is 6.54. The van der Waals surface area contributed by atoms with Gasteiger partial charge in [0.15, 0.2) is 0 Å². The fourth-order valence-corrected chi connectivity index (χ4v) is 4.39. The summed E-state index contributed by atoms with van der Waals surface area (Å²) < 4.78 is 0. The Labute approximate surface area is 173 Å². The predicted molar refractivity (Wildman–Crippen MR) is 119 cm³/mol. The van der Waals surface area contributed by atoms with E-state index in [0.717, 1.165) is 34.4 Å². The van der Waals surface area contributed by atoms with E-state index in [4.69, 9.17) is 0 Å². The number of fused-ring (bicyclic) bond motifs is 1. The second kappa shape index (κ2) is 8.75. The number of nitrogens with zero attached hydrogens (tertiary/aromatic N) is 2. The van der Waals surface area contributed by atoms with Gasteiger partial charge < -0.3 is 5.32 Å². The van der Waals surface area contributed by atoms with Gasteiger partial charge in [-0.1, -0.05) is 55.7 Å². The van der Waals surface area contributed by atoms with Crippen molar-refractivity contribution in [2.45, 2.75) is 51.6 Å². The summed E-state index contributed by atoms with van der Waals surface area (Å²) >= 11 is 0. The number of carbonyl (C=O) groups excluding carboxylic acids is 1. The number of aromatic nitrogens is 1. The summed E-state index contributed by atoms with van der Waals surface area (Å²) in [6.45, 7) is 2.77.